The number of hydrogen-bond donors (Lipinski definition) is 2. The molecule has 2 aromatic rings. The number of nitrogens with zero attached hydrogens (tertiary/aromatic N) is 1. The van der Waals surface area contributed by atoms with Gasteiger partial charge in [0.25, 0.3) is 11.8 Å². The molecule has 0 bridgehead atoms. The lowest BCUT2D eigenvalue weighted by molar-refractivity contribution is 0.0950. The highest BCUT2D eigenvalue weighted by molar-refractivity contribution is 5.99. The van der Waals surface area contributed by atoms with Gasteiger partial charge in [-0.05, 0) is 24.5 Å². The Kier molecular flexibility index (Phi) is 7.14. The van der Waals surface area contributed by atoms with Gasteiger partial charge in [0.15, 0.2) is 0 Å². The largest absolute Gasteiger partial charge is 0.496 e. The monoisotopic (exact) mass is 355 g/mol. The first-order valence-electron chi connectivity index (χ1n) is 8.64. The average molecular weight is 355 g/mol. The van der Waals surface area contributed by atoms with Gasteiger partial charge in [0, 0.05) is 31.0 Å². The number of rotatable bonds is 8. The van der Waals surface area contributed by atoms with E-state index in [9.17, 15) is 9.59 Å². The summed E-state index contributed by atoms with van der Waals surface area (Å²) >= 11 is 0. The highest BCUT2D eigenvalue weighted by Crippen LogP contribution is 2.16. The zero-order valence-electron chi connectivity index (χ0n) is 15.4. The van der Waals surface area contributed by atoms with E-state index in [1.165, 1.54) is 12.4 Å². The van der Waals surface area contributed by atoms with Crippen molar-refractivity contribution in [3.05, 3.63) is 59.4 Å². The summed E-state index contributed by atoms with van der Waals surface area (Å²) < 4.78 is 5.27. The number of para-hydroxylation sites is 1. The van der Waals surface area contributed by atoms with Crippen LogP contribution in [0.2, 0.25) is 0 Å². The predicted molar refractivity (Wildman–Crippen MR) is 100 cm³/mol. The molecule has 1 heterocycles. The predicted octanol–water partition coefficient (Wildman–Crippen LogP) is 2.80. The molecule has 0 atom stereocenters. The highest BCUT2D eigenvalue weighted by Gasteiger charge is 2.12. The molecule has 0 unspecified atom stereocenters. The van der Waals surface area contributed by atoms with Crippen molar-refractivity contribution in [2.45, 2.75) is 26.8 Å². The zero-order chi connectivity index (χ0) is 18.9. The zero-order valence-corrected chi connectivity index (χ0v) is 15.4. The molecule has 2 rings (SSSR count). The second kappa shape index (κ2) is 9.56. The quantitative estimate of drug-likeness (QED) is 0.763. The average Bonchev–Trinajstić information content (AvgIpc) is 2.66. The molecule has 1 aromatic carbocycles. The summed E-state index contributed by atoms with van der Waals surface area (Å²) in [6.45, 7) is 5.12. The maximum Gasteiger partial charge on any atom is 0.253 e. The van der Waals surface area contributed by atoms with Crippen LogP contribution >= 0.6 is 0 Å². The second-order valence-corrected chi connectivity index (χ2v) is 6.40. The molecular formula is C20H25N3O3. The fourth-order valence-corrected chi connectivity index (χ4v) is 2.39. The number of carbonyl (C=O) groups is 2. The second-order valence-electron chi connectivity index (χ2n) is 6.40. The lowest BCUT2D eigenvalue weighted by atomic mass is 10.1. The van der Waals surface area contributed by atoms with Crippen molar-refractivity contribution in [1.29, 1.82) is 0 Å². The van der Waals surface area contributed by atoms with Gasteiger partial charge < -0.3 is 15.4 Å². The van der Waals surface area contributed by atoms with Gasteiger partial charge in [0.05, 0.1) is 18.2 Å². The highest BCUT2D eigenvalue weighted by atomic mass is 16.5. The Morgan fingerprint density at radius 3 is 2.38 bits per heavy atom. The first-order valence-corrected chi connectivity index (χ1v) is 8.64. The molecule has 1 aromatic heterocycles. The third kappa shape index (κ3) is 5.58. The van der Waals surface area contributed by atoms with Crippen LogP contribution in [0.4, 0.5) is 0 Å². The first kappa shape index (κ1) is 19.4. The van der Waals surface area contributed by atoms with E-state index in [1.807, 2.05) is 24.3 Å². The van der Waals surface area contributed by atoms with Crippen LogP contribution in [0.5, 0.6) is 5.75 Å². The van der Waals surface area contributed by atoms with Gasteiger partial charge in [-0.2, -0.15) is 0 Å². The Balaban J connectivity index is 1.98. The first-order chi connectivity index (χ1) is 12.5. The normalized spacial score (nSPS) is 10.5. The Bertz CT molecular complexity index is 759. The van der Waals surface area contributed by atoms with E-state index in [-0.39, 0.29) is 11.8 Å². The van der Waals surface area contributed by atoms with Crippen molar-refractivity contribution in [2.75, 3.05) is 13.7 Å². The molecule has 0 aliphatic rings. The van der Waals surface area contributed by atoms with Crippen LogP contribution < -0.4 is 15.4 Å². The van der Waals surface area contributed by atoms with Gasteiger partial charge in [0.1, 0.15) is 5.75 Å². The summed E-state index contributed by atoms with van der Waals surface area (Å²) in [5.74, 6) is 0.711. The van der Waals surface area contributed by atoms with E-state index < -0.39 is 0 Å². The number of carbonyl (C=O) groups excluding carboxylic acids is 2. The fourth-order valence-electron chi connectivity index (χ4n) is 2.39. The molecule has 0 aliphatic carbocycles. The Labute approximate surface area is 154 Å². The summed E-state index contributed by atoms with van der Waals surface area (Å²) in [7, 11) is 1.59. The molecule has 0 saturated carbocycles. The van der Waals surface area contributed by atoms with Crippen LogP contribution in [0.3, 0.4) is 0 Å². The number of aromatic nitrogens is 1. The van der Waals surface area contributed by atoms with Gasteiger partial charge in [-0.1, -0.05) is 32.0 Å². The van der Waals surface area contributed by atoms with Crippen molar-refractivity contribution in [3.63, 3.8) is 0 Å². The summed E-state index contributed by atoms with van der Waals surface area (Å²) in [6, 6.07) is 9.03. The standard InChI is InChI=1S/C20H25N3O3/c1-14(2)8-9-22-19(24)16-10-17(12-21-11-16)20(25)23-13-15-6-4-5-7-18(15)26-3/h4-7,10-12,14H,8-9,13H2,1-3H3,(H,22,24)(H,23,25). The molecule has 26 heavy (non-hydrogen) atoms. The molecule has 6 heteroatoms. The molecule has 0 aliphatic heterocycles. The molecule has 2 amide bonds. The third-order valence-electron chi connectivity index (χ3n) is 3.90. The Morgan fingerprint density at radius 1 is 1.08 bits per heavy atom. The van der Waals surface area contributed by atoms with Gasteiger partial charge >= 0.3 is 0 Å². The summed E-state index contributed by atoms with van der Waals surface area (Å²) in [6.07, 6.45) is 3.81. The molecule has 138 valence electrons. The van der Waals surface area contributed by atoms with E-state index in [1.54, 1.807) is 13.2 Å². The fraction of sp³-hybridized carbons (Fsp3) is 0.350. The van der Waals surface area contributed by atoms with Gasteiger partial charge in [0.2, 0.25) is 0 Å². The van der Waals surface area contributed by atoms with E-state index in [2.05, 4.69) is 29.5 Å². The molecule has 0 spiro atoms. The maximum atomic E-state index is 12.4. The van der Waals surface area contributed by atoms with Crippen molar-refractivity contribution in [1.82, 2.24) is 15.6 Å². The number of methoxy groups -OCH3 is 1. The van der Waals surface area contributed by atoms with Gasteiger partial charge in [-0.15, -0.1) is 0 Å². The number of nitrogens with one attached hydrogen (secondary N) is 2. The summed E-state index contributed by atoms with van der Waals surface area (Å²) in [5.41, 5.74) is 1.59. The van der Waals surface area contributed by atoms with Crippen molar-refractivity contribution >= 4 is 11.8 Å². The third-order valence-corrected chi connectivity index (χ3v) is 3.90. The number of pyridine rings is 1. The van der Waals surface area contributed by atoms with Crippen LogP contribution in [0.1, 0.15) is 46.5 Å². The molecule has 0 fully saturated rings. The molecule has 6 nitrogen and oxygen atoms in total. The van der Waals surface area contributed by atoms with Gasteiger partial charge in [-0.3, -0.25) is 14.6 Å². The number of ether oxygens (including phenoxy) is 1. The van der Waals surface area contributed by atoms with Crippen LogP contribution in [-0.2, 0) is 6.54 Å². The van der Waals surface area contributed by atoms with E-state index >= 15 is 0 Å². The smallest absolute Gasteiger partial charge is 0.253 e. The topological polar surface area (TPSA) is 80.3 Å². The number of benzene rings is 1. The van der Waals surface area contributed by atoms with E-state index in [0.29, 0.717) is 35.9 Å². The Hall–Kier alpha value is -2.89. The number of hydrogen-bond acceptors (Lipinski definition) is 4. The molecular weight excluding hydrogens is 330 g/mol. The van der Waals surface area contributed by atoms with Crippen LogP contribution in [0.25, 0.3) is 0 Å². The van der Waals surface area contributed by atoms with E-state index in [4.69, 9.17) is 4.74 Å². The van der Waals surface area contributed by atoms with Gasteiger partial charge in [-0.25, -0.2) is 0 Å². The maximum absolute atomic E-state index is 12.4. The molecule has 0 radical (unpaired) electrons. The van der Waals surface area contributed by atoms with Crippen LogP contribution in [0.15, 0.2) is 42.7 Å². The van der Waals surface area contributed by atoms with Crippen LogP contribution in [0, 0.1) is 5.92 Å². The minimum atomic E-state index is -0.291. The van der Waals surface area contributed by atoms with Crippen molar-refractivity contribution in [3.8, 4) is 5.75 Å². The minimum Gasteiger partial charge on any atom is -0.496 e. The Morgan fingerprint density at radius 2 is 1.73 bits per heavy atom. The van der Waals surface area contributed by atoms with Crippen molar-refractivity contribution < 1.29 is 14.3 Å². The SMILES string of the molecule is COc1ccccc1CNC(=O)c1cncc(C(=O)NCCC(C)C)c1. The van der Waals surface area contributed by atoms with Crippen molar-refractivity contribution in [2.24, 2.45) is 5.92 Å². The summed E-state index contributed by atoms with van der Waals surface area (Å²) in [4.78, 5) is 28.5. The lowest BCUT2D eigenvalue weighted by Crippen LogP contribution is -2.27. The van der Waals surface area contributed by atoms with Crippen LogP contribution in [-0.4, -0.2) is 30.5 Å². The number of amides is 2. The minimum absolute atomic E-state index is 0.225. The molecule has 2 N–H and O–H groups in total. The molecule has 0 saturated heterocycles. The lowest BCUT2D eigenvalue weighted by Gasteiger charge is -2.10. The summed E-state index contributed by atoms with van der Waals surface area (Å²) in [5, 5.41) is 5.67. The van der Waals surface area contributed by atoms with E-state index in [0.717, 1.165) is 12.0 Å².